The SMILES string of the molecule is N#Cc1ccc(OCc2nccc(O[C@H]3C[C@@H](Cc4nc5ccc(C(=O)O)cc5n4CC4CCO4)C3)n2)c(F)c1. The number of carboxylic acids is 1. The minimum absolute atomic E-state index is 0.00366. The maximum absolute atomic E-state index is 14.1. The van der Waals surface area contributed by atoms with Crippen LogP contribution in [0.4, 0.5) is 4.39 Å². The van der Waals surface area contributed by atoms with E-state index in [2.05, 4.69) is 14.5 Å². The second-order valence-corrected chi connectivity index (χ2v) is 10.1. The largest absolute Gasteiger partial charge is 0.483 e. The van der Waals surface area contributed by atoms with Crippen LogP contribution in [0.5, 0.6) is 11.6 Å². The van der Waals surface area contributed by atoms with Gasteiger partial charge in [-0.1, -0.05) is 0 Å². The fraction of sp³-hybridized carbons (Fsp3) is 0.345. The number of nitriles is 1. The molecule has 1 saturated heterocycles. The molecule has 2 fully saturated rings. The van der Waals surface area contributed by atoms with E-state index < -0.39 is 11.8 Å². The van der Waals surface area contributed by atoms with Crippen LogP contribution in [0.1, 0.15) is 46.8 Å². The highest BCUT2D eigenvalue weighted by Crippen LogP contribution is 2.34. The van der Waals surface area contributed by atoms with Gasteiger partial charge in [-0.25, -0.2) is 19.2 Å². The van der Waals surface area contributed by atoms with Crippen LogP contribution < -0.4 is 9.47 Å². The van der Waals surface area contributed by atoms with Gasteiger partial charge in [-0.3, -0.25) is 0 Å². The van der Waals surface area contributed by atoms with Crippen LogP contribution in [0.2, 0.25) is 0 Å². The molecular weight excluding hydrogens is 517 g/mol. The van der Waals surface area contributed by atoms with Crippen LogP contribution >= 0.6 is 0 Å². The summed E-state index contributed by atoms with van der Waals surface area (Å²) in [7, 11) is 0. The molecule has 2 aliphatic rings. The van der Waals surface area contributed by atoms with Crippen LogP contribution in [-0.4, -0.2) is 49.4 Å². The number of aromatic carboxylic acids is 1. The molecule has 6 rings (SSSR count). The third-order valence-corrected chi connectivity index (χ3v) is 7.30. The van der Waals surface area contributed by atoms with Crippen molar-refractivity contribution in [3.8, 4) is 17.7 Å². The van der Waals surface area contributed by atoms with Crippen molar-refractivity contribution in [1.82, 2.24) is 19.5 Å². The molecule has 204 valence electrons. The molecule has 1 unspecified atom stereocenters. The lowest BCUT2D eigenvalue weighted by Gasteiger charge is -2.35. The van der Waals surface area contributed by atoms with Crippen molar-refractivity contribution in [3.63, 3.8) is 0 Å². The number of benzene rings is 2. The van der Waals surface area contributed by atoms with Gasteiger partial charge in [0.1, 0.15) is 18.5 Å². The van der Waals surface area contributed by atoms with Crippen LogP contribution in [0, 0.1) is 23.1 Å². The summed E-state index contributed by atoms with van der Waals surface area (Å²) in [6.07, 6.45) is 5.07. The Labute approximate surface area is 229 Å². The van der Waals surface area contributed by atoms with E-state index in [9.17, 15) is 14.3 Å². The van der Waals surface area contributed by atoms with Gasteiger partial charge in [-0.2, -0.15) is 10.2 Å². The maximum Gasteiger partial charge on any atom is 0.335 e. The Morgan fingerprint density at radius 1 is 1.20 bits per heavy atom. The van der Waals surface area contributed by atoms with Crippen LogP contribution in [0.25, 0.3) is 11.0 Å². The average molecular weight is 544 g/mol. The number of hydrogen-bond acceptors (Lipinski definition) is 8. The third kappa shape index (κ3) is 5.44. The molecule has 3 heterocycles. The molecule has 0 amide bonds. The Kier molecular flexibility index (Phi) is 7.00. The molecular formula is C29H26FN5O5. The highest BCUT2D eigenvalue weighted by Gasteiger charge is 2.33. The molecule has 0 spiro atoms. The quantitative estimate of drug-likeness (QED) is 0.311. The summed E-state index contributed by atoms with van der Waals surface area (Å²) in [5.74, 6) is 0.500. The number of carbonyl (C=O) groups is 1. The average Bonchev–Trinajstić information content (AvgIpc) is 3.25. The molecule has 10 nitrogen and oxygen atoms in total. The van der Waals surface area contributed by atoms with Crippen molar-refractivity contribution in [1.29, 1.82) is 5.26 Å². The lowest BCUT2D eigenvalue weighted by molar-refractivity contribution is -0.0592. The Bertz CT molecular complexity index is 1610. The first kappa shape index (κ1) is 25.7. The first-order chi connectivity index (χ1) is 19.4. The molecule has 2 aromatic carbocycles. The van der Waals surface area contributed by atoms with Crippen molar-refractivity contribution in [3.05, 3.63) is 77.3 Å². The number of imidazole rings is 1. The van der Waals surface area contributed by atoms with Crippen LogP contribution in [0.15, 0.2) is 48.7 Å². The van der Waals surface area contributed by atoms with Crippen LogP contribution in [0.3, 0.4) is 0 Å². The van der Waals surface area contributed by atoms with Crippen molar-refractivity contribution >= 4 is 17.0 Å². The van der Waals surface area contributed by atoms with E-state index in [0.29, 0.717) is 24.2 Å². The molecule has 0 bridgehead atoms. The van der Waals surface area contributed by atoms with Crippen molar-refractivity contribution in [2.75, 3.05) is 6.61 Å². The van der Waals surface area contributed by atoms with Gasteiger partial charge in [-0.15, -0.1) is 0 Å². The standard InChI is InChI=1S/C29H26FN5O5/c30-22-11-17(14-31)1-4-25(22)39-16-26-32-7-5-28(34-26)40-21-9-18(10-21)12-27-33-23-3-2-19(29(36)37)13-24(23)35(27)15-20-6-8-38-20/h1-5,7,11,13,18,20-21H,6,8-10,12,15-16H2,(H,36,37)/t18-,20?,21+. The maximum atomic E-state index is 14.1. The monoisotopic (exact) mass is 543 g/mol. The molecule has 1 atom stereocenters. The number of hydrogen-bond donors (Lipinski definition) is 1. The van der Waals surface area contributed by atoms with Crippen LogP contribution in [-0.2, 0) is 24.3 Å². The van der Waals surface area contributed by atoms with E-state index in [1.807, 2.05) is 6.07 Å². The van der Waals surface area contributed by atoms with Gasteiger partial charge in [0.15, 0.2) is 17.4 Å². The minimum atomic E-state index is -0.962. The molecule has 2 aromatic heterocycles. The van der Waals surface area contributed by atoms with E-state index in [0.717, 1.165) is 55.2 Å². The van der Waals surface area contributed by atoms with Gasteiger partial charge < -0.3 is 23.9 Å². The third-order valence-electron chi connectivity index (χ3n) is 7.30. The fourth-order valence-corrected chi connectivity index (χ4v) is 5.01. The summed E-state index contributed by atoms with van der Waals surface area (Å²) >= 11 is 0. The first-order valence-corrected chi connectivity index (χ1v) is 13.1. The zero-order chi connectivity index (χ0) is 27.6. The van der Waals surface area contributed by atoms with Crippen molar-refractivity contribution in [2.24, 2.45) is 5.92 Å². The molecule has 1 N–H and O–H groups in total. The number of aromatic nitrogens is 4. The number of ether oxygens (including phenoxy) is 3. The molecule has 1 saturated carbocycles. The van der Waals surface area contributed by atoms with Gasteiger partial charge in [0.05, 0.1) is 40.9 Å². The predicted molar refractivity (Wildman–Crippen MR) is 139 cm³/mol. The van der Waals surface area contributed by atoms with E-state index >= 15 is 0 Å². The topological polar surface area (TPSA) is 132 Å². The fourth-order valence-electron chi connectivity index (χ4n) is 5.01. The normalized spacial score (nSPS) is 19.9. The molecule has 1 aliphatic carbocycles. The van der Waals surface area contributed by atoms with Gasteiger partial charge in [0.25, 0.3) is 0 Å². The van der Waals surface area contributed by atoms with Crippen molar-refractivity contribution < 1.29 is 28.5 Å². The summed E-state index contributed by atoms with van der Waals surface area (Å²) in [5, 5.41) is 18.3. The number of rotatable bonds is 10. The smallest absolute Gasteiger partial charge is 0.335 e. The molecule has 40 heavy (non-hydrogen) atoms. The van der Waals surface area contributed by atoms with Gasteiger partial charge in [-0.05, 0) is 61.6 Å². The zero-order valence-corrected chi connectivity index (χ0v) is 21.5. The Balaban J connectivity index is 1.07. The summed E-state index contributed by atoms with van der Waals surface area (Å²) in [5.41, 5.74) is 2.05. The second-order valence-electron chi connectivity index (χ2n) is 10.1. The Morgan fingerprint density at radius 3 is 2.77 bits per heavy atom. The number of halogens is 1. The summed E-state index contributed by atoms with van der Waals surface area (Å²) in [4.78, 5) is 24.9. The predicted octanol–water partition coefficient (Wildman–Crippen LogP) is 4.30. The van der Waals surface area contributed by atoms with E-state index in [4.69, 9.17) is 24.5 Å². The Morgan fingerprint density at radius 2 is 2.05 bits per heavy atom. The number of fused-ring (bicyclic) bond motifs is 1. The van der Waals surface area contributed by atoms with Gasteiger partial charge in [0.2, 0.25) is 5.88 Å². The first-order valence-electron chi connectivity index (χ1n) is 13.1. The van der Waals surface area contributed by atoms with Crippen molar-refractivity contribution in [2.45, 2.75) is 51.0 Å². The molecule has 4 aromatic rings. The zero-order valence-electron chi connectivity index (χ0n) is 21.5. The number of nitrogens with zero attached hydrogens (tertiary/aromatic N) is 5. The van der Waals surface area contributed by atoms with E-state index in [-0.39, 0.29) is 35.7 Å². The van der Waals surface area contributed by atoms with Gasteiger partial charge >= 0.3 is 5.97 Å². The Hall–Kier alpha value is -4.56. The highest BCUT2D eigenvalue weighted by atomic mass is 19.1. The summed E-state index contributed by atoms with van der Waals surface area (Å²) in [6.45, 7) is 1.36. The van der Waals surface area contributed by atoms with Gasteiger partial charge in [0, 0.05) is 25.3 Å². The van der Waals surface area contributed by atoms with E-state index in [1.165, 1.54) is 12.1 Å². The molecule has 1 aliphatic heterocycles. The summed E-state index contributed by atoms with van der Waals surface area (Å²) in [6, 6.07) is 12.6. The lowest BCUT2D eigenvalue weighted by Crippen LogP contribution is -2.36. The minimum Gasteiger partial charge on any atom is -0.483 e. The molecule has 11 heteroatoms. The second kappa shape index (κ2) is 10.9. The lowest BCUT2D eigenvalue weighted by atomic mass is 9.80. The molecule has 0 radical (unpaired) electrons. The summed E-state index contributed by atoms with van der Waals surface area (Å²) < 4.78 is 33.4. The number of carboxylic acid groups (broad SMARTS) is 1. The van der Waals surface area contributed by atoms with E-state index in [1.54, 1.807) is 30.5 Å². The highest BCUT2D eigenvalue weighted by molar-refractivity contribution is 5.92.